The van der Waals surface area contributed by atoms with Crippen LogP contribution in [-0.2, 0) is 11.3 Å². The van der Waals surface area contributed by atoms with Crippen LogP contribution >= 0.6 is 27.3 Å². The predicted molar refractivity (Wildman–Crippen MR) is 88.6 cm³/mol. The van der Waals surface area contributed by atoms with Crippen molar-refractivity contribution >= 4 is 44.8 Å². The molecule has 1 N–H and O–H groups in total. The van der Waals surface area contributed by atoms with Gasteiger partial charge in [0.15, 0.2) is 0 Å². The highest BCUT2D eigenvalue weighted by Crippen LogP contribution is 2.21. The molecule has 0 saturated carbocycles. The van der Waals surface area contributed by atoms with Crippen molar-refractivity contribution in [2.75, 3.05) is 12.4 Å². The number of nitrogens with zero attached hydrogens (tertiary/aromatic N) is 1. The van der Waals surface area contributed by atoms with Crippen LogP contribution in [0.15, 0.2) is 40.2 Å². The average molecular weight is 367 g/mol. The van der Waals surface area contributed by atoms with E-state index >= 15 is 0 Å². The maximum absolute atomic E-state index is 12.4. The number of anilines is 1. The largest absolute Gasteiger partial charge is 0.337 e. The minimum atomic E-state index is -0.156. The zero-order valence-electron chi connectivity index (χ0n) is 11.7. The van der Waals surface area contributed by atoms with Crippen LogP contribution in [0.4, 0.5) is 5.69 Å². The molecule has 21 heavy (non-hydrogen) atoms. The Hall–Kier alpha value is -1.66. The molecule has 1 heterocycles. The third kappa shape index (κ3) is 4.41. The van der Waals surface area contributed by atoms with Gasteiger partial charge < -0.3 is 10.2 Å². The molecule has 0 bridgehead atoms. The molecule has 2 aromatic rings. The Bertz CT molecular complexity index is 669. The van der Waals surface area contributed by atoms with Gasteiger partial charge in [-0.25, -0.2) is 0 Å². The monoisotopic (exact) mass is 366 g/mol. The Morgan fingerprint density at radius 3 is 2.71 bits per heavy atom. The molecule has 0 spiro atoms. The summed E-state index contributed by atoms with van der Waals surface area (Å²) in [6, 6.07) is 8.95. The van der Waals surface area contributed by atoms with Crippen LogP contribution in [-0.4, -0.2) is 23.8 Å². The van der Waals surface area contributed by atoms with E-state index in [1.54, 1.807) is 47.5 Å². The molecule has 1 aromatic carbocycles. The summed E-state index contributed by atoms with van der Waals surface area (Å²) >= 11 is 5.01. The number of hydrogen-bond acceptors (Lipinski definition) is 3. The van der Waals surface area contributed by atoms with Gasteiger partial charge in [-0.15, -0.1) is 11.3 Å². The maximum atomic E-state index is 12.4. The molecule has 0 aliphatic rings. The number of nitrogens with one attached hydrogen (secondary N) is 1. The van der Waals surface area contributed by atoms with Crippen molar-refractivity contribution in [3.63, 3.8) is 0 Å². The van der Waals surface area contributed by atoms with Crippen molar-refractivity contribution in [3.05, 3.63) is 50.6 Å². The SMILES string of the molecule is CC(=O)Nc1cccc(C(=O)N(C)Cc2cc(Br)cs2)c1. The van der Waals surface area contributed by atoms with Crippen molar-refractivity contribution in [1.29, 1.82) is 0 Å². The Labute approximate surface area is 135 Å². The molecule has 2 rings (SSSR count). The molecule has 6 heteroatoms. The molecule has 2 amide bonds. The number of carbonyl (C=O) groups excluding carboxylic acids is 2. The lowest BCUT2D eigenvalue weighted by Crippen LogP contribution is -2.25. The van der Waals surface area contributed by atoms with Crippen molar-refractivity contribution in [2.24, 2.45) is 0 Å². The minimum Gasteiger partial charge on any atom is -0.337 e. The number of hydrogen-bond donors (Lipinski definition) is 1. The summed E-state index contributed by atoms with van der Waals surface area (Å²) in [5, 5.41) is 4.67. The zero-order chi connectivity index (χ0) is 15.4. The molecule has 0 fully saturated rings. The minimum absolute atomic E-state index is 0.0771. The third-order valence-electron chi connectivity index (χ3n) is 2.79. The van der Waals surface area contributed by atoms with Crippen LogP contribution < -0.4 is 5.32 Å². The number of benzene rings is 1. The molecule has 4 nitrogen and oxygen atoms in total. The van der Waals surface area contributed by atoms with E-state index in [2.05, 4.69) is 21.2 Å². The smallest absolute Gasteiger partial charge is 0.253 e. The first-order chi connectivity index (χ1) is 9.95. The third-order valence-corrected chi connectivity index (χ3v) is 4.47. The van der Waals surface area contributed by atoms with E-state index in [0.29, 0.717) is 17.8 Å². The fourth-order valence-electron chi connectivity index (χ4n) is 1.90. The lowest BCUT2D eigenvalue weighted by Gasteiger charge is -2.16. The molecule has 0 aliphatic heterocycles. The second kappa shape index (κ2) is 6.87. The van der Waals surface area contributed by atoms with Gasteiger partial charge in [0.2, 0.25) is 5.91 Å². The van der Waals surface area contributed by atoms with E-state index in [0.717, 1.165) is 9.35 Å². The summed E-state index contributed by atoms with van der Waals surface area (Å²) in [4.78, 5) is 26.2. The van der Waals surface area contributed by atoms with Crippen LogP contribution in [0.25, 0.3) is 0 Å². The van der Waals surface area contributed by atoms with Gasteiger partial charge in [-0.3, -0.25) is 9.59 Å². The standard InChI is InChI=1S/C15H15BrN2O2S/c1-10(19)17-13-5-3-4-11(6-13)15(20)18(2)8-14-7-12(16)9-21-14/h3-7,9H,8H2,1-2H3,(H,17,19). The summed E-state index contributed by atoms with van der Waals surface area (Å²) in [7, 11) is 1.76. The molecule has 0 saturated heterocycles. The summed E-state index contributed by atoms with van der Waals surface area (Å²) in [6.45, 7) is 1.99. The summed E-state index contributed by atoms with van der Waals surface area (Å²) in [5.41, 5.74) is 1.18. The summed E-state index contributed by atoms with van der Waals surface area (Å²) < 4.78 is 1.02. The fraction of sp³-hybridized carbons (Fsp3) is 0.200. The van der Waals surface area contributed by atoms with Gasteiger partial charge in [0.25, 0.3) is 5.91 Å². The maximum Gasteiger partial charge on any atom is 0.253 e. The second-order valence-electron chi connectivity index (χ2n) is 4.65. The molecule has 0 aliphatic carbocycles. The number of rotatable bonds is 4. The van der Waals surface area contributed by atoms with Crippen LogP contribution in [0.3, 0.4) is 0 Å². The van der Waals surface area contributed by atoms with Crippen molar-refractivity contribution in [1.82, 2.24) is 4.90 Å². The average Bonchev–Trinajstić information content (AvgIpc) is 2.82. The molecular formula is C15H15BrN2O2S. The van der Waals surface area contributed by atoms with Gasteiger partial charge in [0, 0.05) is 40.0 Å². The molecule has 1 aromatic heterocycles. The van der Waals surface area contributed by atoms with E-state index in [9.17, 15) is 9.59 Å². The van der Waals surface area contributed by atoms with Crippen LogP contribution in [0, 0.1) is 0 Å². The van der Waals surface area contributed by atoms with Gasteiger partial charge in [-0.2, -0.15) is 0 Å². The Morgan fingerprint density at radius 1 is 1.33 bits per heavy atom. The number of halogens is 1. The lowest BCUT2D eigenvalue weighted by molar-refractivity contribution is -0.114. The molecule has 0 atom stereocenters. The first-order valence-corrected chi connectivity index (χ1v) is 7.99. The Morgan fingerprint density at radius 2 is 2.10 bits per heavy atom. The van der Waals surface area contributed by atoms with Crippen LogP contribution in [0.5, 0.6) is 0 Å². The number of amides is 2. The highest BCUT2D eigenvalue weighted by atomic mass is 79.9. The normalized spacial score (nSPS) is 10.2. The van der Waals surface area contributed by atoms with Gasteiger partial charge >= 0.3 is 0 Å². The molecule has 0 unspecified atom stereocenters. The van der Waals surface area contributed by atoms with Crippen molar-refractivity contribution in [3.8, 4) is 0 Å². The van der Waals surface area contributed by atoms with E-state index in [-0.39, 0.29) is 11.8 Å². The predicted octanol–water partition coefficient (Wildman–Crippen LogP) is 3.74. The van der Waals surface area contributed by atoms with E-state index < -0.39 is 0 Å². The van der Waals surface area contributed by atoms with Gasteiger partial charge in [-0.1, -0.05) is 6.07 Å². The molecule has 110 valence electrons. The van der Waals surface area contributed by atoms with E-state index in [1.165, 1.54) is 6.92 Å². The summed E-state index contributed by atoms with van der Waals surface area (Å²) in [5.74, 6) is -0.233. The fourth-order valence-corrected chi connectivity index (χ4v) is 3.40. The first kappa shape index (κ1) is 15.7. The highest BCUT2D eigenvalue weighted by molar-refractivity contribution is 9.10. The summed E-state index contributed by atoms with van der Waals surface area (Å²) in [6.07, 6.45) is 0. The molecular weight excluding hydrogens is 352 g/mol. The van der Waals surface area contributed by atoms with E-state index in [4.69, 9.17) is 0 Å². The second-order valence-corrected chi connectivity index (χ2v) is 6.57. The topological polar surface area (TPSA) is 49.4 Å². The van der Waals surface area contributed by atoms with Gasteiger partial charge in [0.1, 0.15) is 0 Å². The van der Waals surface area contributed by atoms with Crippen LogP contribution in [0.2, 0.25) is 0 Å². The Kier molecular flexibility index (Phi) is 5.14. The molecule has 0 radical (unpaired) electrons. The van der Waals surface area contributed by atoms with Crippen LogP contribution in [0.1, 0.15) is 22.2 Å². The first-order valence-electron chi connectivity index (χ1n) is 6.32. The van der Waals surface area contributed by atoms with Gasteiger partial charge in [-0.05, 0) is 40.2 Å². The van der Waals surface area contributed by atoms with Crippen molar-refractivity contribution in [2.45, 2.75) is 13.5 Å². The van der Waals surface area contributed by atoms with Gasteiger partial charge in [0.05, 0.1) is 6.54 Å². The lowest BCUT2D eigenvalue weighted by atomic mass is 10.1. The Balaban J connectivity index is 2.09. The highest BCUT2D eigenvalue weighted by Gasteiger charge is 2.13. The zero-order valence-corrected chi connectivity index (χ0v) is 14.1. The van der Waals surface area contributed by atoms with Crippen molar-refractivity contribution < 1.29 is 9.59 Å². The quantitative estimate of drug-likeness (QED) is 0.895. The number of thiophene rings is 1. The number of carbonyl (C=O) groups is 2. The van der Waals surface area contributed by atoms with E-state index in [1.807, 2.05) is 11.4 Å².